The molecule has 128 valence electrons. The Bertz CT molecular complexity index is 746. The van der Waals surface area contributed by atoms with E-state index in [1.807, 2.05) is 6.07 Å². The minimum absolute atomic E-state index is 0.244. The SMILES string of the molecule is C[C@@H]1CN(Cc2ccccc2)CCCN1c1cnn(C)c(=O)c1Cl. The van der Waals surface area contributed by atoms with Crippen molar-refractivity contribution in [3.8, 4) is 0 Å². The van der Waals surface area contributed by atoms with Crippen LogP contribution in [0.25, 0.3) is 0 Å². The van der Waals surface area contributed by atoms with E-state index in [0.29, 0.717) is 0 Å². The summed E-state index contributed by atoms with van der Waals surface area (Å²) in [6.07, 6.45) is 2.73. The number of aryl methyl sites for hydroxylation is 1. The highest BCUT2D eigenvalue weighted by atomic mass is 35.5. The molecule has 1 saturated heterocycles. The molecule has 1 aliphatic rings. The first-order valence-corrected chi connectivity index (χ1v) is 8.69. The van der Waals surface area contributed by atoms with Crippen LogP contribution in [0.5, 0.6) is 0 Å². The Kier molecular flexibility index (Phi) is 5.21. The molecule has 0 spiro atoms. The van der Waals surface area contributed by atoms with E-state index in [9.17, 15) is 4.79 Å². The van der Waals surface area contributed by atoms with Gasteiger partial charge < -0.3 is 4.90 Å². The lowest BCUT2D eigenvalue weighted by Gasteiger charge is -2.31. The fourth-order valence-corrected chi connectivity index (χ4v) is 3.57. The Labute approximate surface area is 147 Å². The first-order chi connectivity index (χ1) is 11.6. The third-order valence-electron chi connectivity index (χ3n) is 4.55. The Morgan fingerprint density at radius 1 is 1.25 bits per heavy atom. The molecule has 1 fully saturated rings. The Morgan fingerprint density at radius 3 is 2.75 bits per heavy atom. The van der Waals surface area contributed by atoms with Crippen molar-refractivity contribution < 1.29 is 0 Å². The number of anilines is 1. The summed E-state index contributed by atoms with van der Waals surface area (Å²) >= 11 is 6.29. The number of benzene rings is 1. The molecule has 1 aliphatic heterocycles. The van der Waals surface area contributed by atoms with Crippen molar-refractivity contribution in [3.63, 3.8) is 0 Å². The summed E-state index contributed by atoms with van der Waals surface area (Å²) in [5, 5.41) is 4.39. The van der Waals surface area contributed by atoms with Gasteiger partial charge in [0, 0.05) is 39.3 Å². The zero-order valence-corrected chi connectivity index (χ0v) is 14.9. The molecule has 0 unspecified atom stereocenters. The second-order valence-corrected chi connectivity index (χ2v) is 6.77. The molecule has 0 aliphatic carbocycles. The molecular formula is C18H23ClN4O. The summed E-state index contributed by atoms with van der Waals surface area (Å²) in [6, 6.07) is 10.8. The molecule has 3 rings (SSSR count). The lowest BCUT2D eigenvalue weighted by Crippen LogP contribution is -2.40. The van der Waals surface area contributed by atoms with Crippen LogP contribution in [0.2, 0.25) is 5.02 Å². The van der Waals surface area contributed by atoms with E-state index >= 15 is 0 Å². The standard InChI is InChI=1S/C18H23ClN4O/c1-14-12-22(13-15-7-4-3-5-8-15)9-6-10-23(14)16-11-20-21(2)18(24)17(16)19/h3-5,7-8,11,14H,6,9-10,12-13H2,1-2H3/t14-/m1/s1. The van der Waals surface area contributed by atoms with Gasteiger partial charge in [-0.2, -0.15) is 5.10 Å². The van der Waals surface area contributed by atoms with Crippen LogP contribution < -0.4 is 10.5 Å². The van der Waals surface area contributed by atoms with E-state index in [1.165, 1.54) is 10.2 Å². The molecule has 1 aromatic carbocycles. The highest BCUT2D eigenvalue weighted by Gasteiger charge is 2.24. The maximum atomic E-state index is 12.1. The number of aromatic nitrogens is 2. The molecular weight excluding hydrogens is 324 g/mol. The van der Waals surface area contributed by atoms with E-state index in [0.717, 1.165) is 38.3 Å². The number of hydrogen-bond acceptors (Lipinski definition) is 4. The predicted molar refractivity (Wildman–Crippen MR) is 97.6 cm³/mol. The third-order valence-corrected chi connectivity index (χ3v) is 4.90. The molecule has 1 aromatic heterocycles. The zero-order chi connectivity index (χ0) is 17.1. The largest absolute Gasteiger partial charge is 0.365 e. The molecule has 0 amide bonds. The van der Waals surface area contributed by atoms with Crippen LogP contribution in [0.1, 0.15) is 18.9 Å². The van der Waals surface area contributed by atoms with Gasteiger partial charge in [0.2, 0.25) is 0 Å². The Balaban J connectivity index is 1.76. The molecule has 2 aromatic rings. The van der Waals surface area contributed by atoms with Crippen molar-refractivity contribution in [3.05, 3.63) is 57.5 Å². The van der Waals surface area contributed by atoms with Crippen LogP contribution in [0.15, 0.2) is 41.3 Å². The first kappa shape index (κ1) is 17.0. The lowest BCUT2D eigenvalue weighted by atomic mass is 10.2. The normalized spacial score (nSPS) is 19.3. The third kappa shape index (κ3) is 3.62. The van der Waals surface area contributed by atoms with E-state index in [2.05, 4.69) is 46.1 Å². The van der Waals surface area contributed by atoms with Gasteiger partial charge in [-0.3, -0.25) is 9.69 Å². The quantitative estimate of drug-likeness (QED) is 0.856. The van der Waals surface area contributed by atoms with Gasteiger partial charge in [-0.1, -0.05) is 41.9 Å². The van der Waals surface area contributed by atoms with Crippen molar-refractivity contribution >= 4 is 17.3 Å². The van der Waals surface area contributed by atoms with Crippen LogP contribution in [0.4, 0.5) is 5.69 Å². The lowest BCUT2D eigenvalue weighted by molar-refractivity contribution is 0.268. The van der Waals surface area contributed by atoms with Gasteiger partial charge in [-0.05, 0) is 18.9 Å². The molecule has 1 atom stereocenters. The second-order valence-electron chi connectivity index (χ2n) is 6.39. The van der Waals surface area contributed by atoms with Gasteiger partial charge in [0.15, 0.2) is 0 Å². The smallest absolute Gasteiger partial charge is 0.287 e. The maximum absolute atomic E-state index is 12.1. The van der Waals surface area contributed by atoms with Crippen molar-refractivity contribution in [2.75, 3.05) is 24.5 Å². The van der Waals surface area contributed by atoms with Crippen molar-refractivity contribution in [1.29, 1.82) is 0 Å². The number of nitrogens with zero attached hydrogens (tertiary/aromatic N) is 4. The van der Waals surface area contributed by atoms with Gasteiger partial charge in [-0.15, -0.1) is 0 Å². The van der Waals surface area contributed by atoms with E-state index in [-0.39, 0.29) is 16.6 Å². The summed E-state index contributed by atoms with van der Waals surface area (Å²) in [5.74, 6) is 0. The minimum atomic E-state index is -0.244. The average molecular weight is 347 g/mol. The van der Waals surface area contributed by atoms with Crippen molar-refractivity contribution in [1.82, 2.24) is 14.7 Å². The fraction of sp³-hybridized carbons (Fsp3) is 0.444. The number of halogens is 1. The summed E-state index contributed by atoms with van der Waals surface area (Å²) in [5.41, 5.74) is 1.83. The Morgan fingerprint density at radius 2 is 2.00 bits per heavy atom. The van der Waals surface area contributed by atoms with Crippen LogP contribution >= 0.6 is 11.6 Å². The maximum Gasteiger partial charge on any atom is 0.287 e. The van der Waals surface area contributed by atoms with E-state index < -0.39 is 0 Å². The predicted octanol–water partition coefficient (Wildman–Crippen LogP) is 2.53. The zero-order valence-electron chi connectivity index (χ0n) is 14.2. The molecule has 5 nitrogen and oxygen atoms in total. The monoisotopic (exact) mass is 346 g/mol. The summed E-state index contributed by atoms with van der Waals surface area (Å²) in [6.45, 7) is 5.96. The van der Waals surface area contributed by atoms with Crippen LogP contribution in [0, 0.1) is 0 Å². The van der Waals surface area contributed by atoms with Gasteiger partial charge >= 0.3 is 0 Å². The van der Waals surface area contributed by atoms with Gasteiger partial charge in [0.25, 0.3) is 5.56 Å². The summed E-state index contributed by atoms with van der Waals surface area (Å²) in [7, 11) is 1.62. The summed E-state index contributed by atoms with van der Waals surface area (Å²) in [4.78, 5) is 16.7. The molecule has 0 radical (unpaired) electrons. The highest BCUT2D eigenvalue weighted by Crippen LogP contribution is 2.25. The van der Waals surface area contributed by atoms with E-state index in [1.54, 1.807) is 13.2 Å². The van der Waals surface area contributed by atoms with Crippen LogP contribution in [-0.4, -0.2) is 40.4 Å². The molecule has 2 heterocycles. The van der Waals surface area contributed by atoms with Gasteiger partial charge in [0.1, 0.15) is 5.02 Å². The number of hydrogen-bond donors (Lipinski definition) is 0. The van der Waals surface area contributed by atoms with Gasteiger partial charge in [-0.25, -0.2) is 4.68 Å². The van der Waals surface area contributed by atoms with Crippen LogP contribution in [0.3, 0.4) is 0 Å². The Hall–Kier alpha value is -1.85. The van der Waals surface area contributed by atoms with Crippen LogP contribution in [-0.2, 0) is 13.6 Å². The topological polar surface area (TPSA) is 41.4 Å². The molecule has 0 N–H and O–H groups in total. The number of rotatable bonds is 3. The minimum Gasteiger partial charge on any atom is -0.365 e. The fourth-order valence-electron chi connectivity index (χ4n) is 3.29. The van der Waals surface area contributed by atoms with Gasteiger partial charge in [0.05, 0.1) is 11.9 Å². The molecule has 0 saturated carbocycles. The highest BCUT2D eigenvalue weighted by molar-refractivity contribution is 6.33. The first-order valence-electron chi connectivity index (χ1n) is 8.31. The second kappa shape index (κ2) is 7.36. The van der Waals surface area contributed by atoms with Crippen molar-refractivity contribution in [2.45, 2.75) is 25.9 Å². The molecule has 24 heavy (non-hydrogen) atoms. The average Bonchev–Trinajstić information content (AvgIpc) is 2.75. The molecule has 0 bridgehead atoms. The molecule has 6 heteroatoms. The van der Waals surface area contributed by atoms with E-state index in [4.69, 9.17) is 11.6 Å². The summed E-state index contributed by atoms with van der Waals surface area (Å²) < 4.78 is 1.27. The van der Waals surface area contributed by atoms with Crippen molar-refractivity contribution in [2.24, 2.45) is 7.05 Å².